The number of aliphatic hydroxyl groups excluding tert-OH is 1. The molecule has 1 spiro atoms. The standard InChI is InChI=1S/C40H56BrN3O8/c1-4-6-21-31(46)42-30(26-50-3)34(27-17-11-9-12-18-27)51-39(49)32-33-37(47)44(23-15-7-8-16-24-45)36(40(33)25-29(41)35(32)52-40)38(48)43(22-5-2)28-19-13-10-14-20-28/h4-5,9,11-12,17-18,28-30,32-36,45H,1-2,6-8,10,13-16,19-26H2,3H3,(H,42,46)/t29?,30-,32-,33+,34-,35-,36-,40+/m1/s1. The number of halogens is 1. The molecule has 2 N–H and O–H groups in total. The second-order valence-corrected chi connectivity index (χ2v) is 15.8. The number of carbonyl (C=O) groups is 4. The molecule has 3 saturated heterocycles. The molecule has 3 aliphatic heterocycles. The van der Waals surface area contributed by atoms with Crippen LogP contribution in [-0.2, 0) is 33.4 Å². The lowest BCUT2D eigenvalue weighted by Gasteiger charge is -2.41. The molecule has 3 heterocycles. The SMILES string of the molecule is C=CCCC(=O)N[C@H](COC)[C@H](OC(=O)[C@H]1[C@@H]2O[C@@]3(CC2Br)[C@@H]1C(=O)N(CCCCCCO)[C@@H]3C(=O)N(CC=C)C1CCCCC1)c1ccccc1. The average molecular weight is 787 g/mol. The van der Waals surface area contributed by atoms with Crippen LogP contribution < -0.4 is 5.32 Å². The summed E-state index contributed by atoms with van der Waals surface area (Å²) >= 11 is 3.79. The van der Waals surface area contributed by atoms with Crippen LogP contribution >= 0.6 is 15.9 Å². The third kappa shape index (κ3) is 8.50. The van der Waals surface area contributed by atoms with Crippen LogP contribution in [0.25, 0.3) is 0 Å². The summed E-state index contributed by atoms with van der Waals surface area (Å²) in [4.78, 5) is 60.5. The summed E-state index contributed by atoms with van der Waals surface area (Å²) in [6.07, 6.45) is 10.8. The van der Waals surface area contributed by atoms with Gasteiger partial charge in [-0.3, -0.25) is 19.2 Å². The maximum Gasteiger partial charge on any atom is 0.313 e. The highest BCUT2D eigenvalue weighted by atomic mass is 79.9. The van der Waals surface area contributed by atoms with Crippen molar-refractivity contribution in [2.45, 2.75) is 118 Å². The molecule has 1 unspecified atom stereocenters. The van der Waals surface area contributed by atoms with Crippen LogP contribution in [0.15, 0.2) is 55.6 Å². The number of ether oxygens (including phenoxy) is 3. The summed E-state index contributed by atoms with van der Waals surface area (Å²) in [6.45, 7) is 8.54. The van der Waals surface area contributed by atoms with Gasteiger partial charge in [-0.15, -0.1) is 13.2 Å². The predicted molar refractivity (Wildman–Crippen MR) is 200 cm³/mol. The Labute approximate surface area is 316 Å². The van der Waals surface area contributed by atoms with Crippen LogP contribution in [-0.4, -0.2) is 107 Å². The van der Waals surface area contributed by atoms with E-state index in [0.29, 0.717) is 44.3 Å². The lowest BCUT2D eigenvalue weighted by Crippen LogP contribution is -2.58. The van der Waals surface area contributed by atoms with Gasteiger partial charge in [0.05, 0.1) is 30.6 Å². The number of unbranched alkanes of at least 4 members (excludes halogenated alkanes) is 3. The van der Waals surface area contributed by atoms with E-state index in [4.69, 9.17) is 14.2 Å². The molecule has 3 amide bonds. The first-order valence-electron chi connectivity index (χ1n) is 19.0. The van der Waals surface area contributed by atoms with E-state index in [0.717, 1.165) is 44.9 Å². The molecule has 8 atom stereocenters. The first-order chi connectivity index (χ1) is 25.2. The van der Waals surface area contributed by atoms with Crippen LogP contribution in [0.2, 0.25) is 0 Å². The Morgan fingerprint density at radius 3 is 2.52 bits per heavy atom. The van der Waals surface area contributed by atoms with Crippen molar-refractivity contribution in [1.29, 1.82) is 0 Å². The number of benzene rings is 1. The van der Waals surface area contributed by atoms with Gasteiger partial charge in [0.25, 0.3) is 0 Å². The van der Waals surface area contributed by atoms with Gasteiger partial charge in [0.1, 0.15) is 17.7 Å². The van der Waals surface area contributed by atoms with E-state index < -0.39 is 47.7 Å². The second kappa shape index (κ2) is 18.8. The quantitative estimate of drug-likeness (QED) is 0.0816. The van der Waals surface area contributed by atoms with E-state index in [1.165, 1.54) is 7.11 Å². The third-order valence-electron chi connectivity index (χ3n) is 11.2. The minimum absolute atomic E-state index is 0.0429. The number of fused-ring (bicyclic) bond motifs is 1. The molecule has 1 saturated carbocycles. The Bertz CT molecular complexity index is 1410. The van der Waals surface area contributed by atoms with Crippen molar-refractivity contribution in [1.82, 2.24) is 15.1 Å². The summed E-state index contributed by atoms with van der Waals surface area (Å²) in [5.74, 6) is -3.16. The largest absolute Gasteiger partial charge is 0.455 e. The topological polar surface area (TPSA) is 135 Å². The number of amides is 3. The zero-order valence-corrected chi connectivity index (χ0v) is 32.1. The molecule has 0 radical (unpaired) electrons. The zero-order valence-electron chi connectivity index (χ0n) is 30.5. The van der Waals surface area contributed by atoms with E-state index in [9.17, 15) is 24.3 Å². The number of hydrogen-bond acceptors (Lipinski definition) is 8. The molecule has 52 heavy (non-hydrogen) atoms. The Morgan fingerprint density at radius 1 is 1.12 bits per heavy atom. The van der Waals surface area contributed by atoms with Gasteiger partial charge in [0.2, 0.25) is 17.7 Å². The van der Waals surface area contributed by atoms with Crippen molar-refractivity contribution < 1.29 is 38.5 Å². The van der Waals surface area contributed by atoms with Gasteiger partial charge in [-0.2, -0.15) is 0 Å². The number of nitrogens with zero attached hydrogens (tertiary/aromatic N) is 2. The first kappa shape index (κ1) is 40.1. The number of methoxy groups -OCH3 is 1. The lowest BCUT2D eigenvalue weighted by atomic mass is 9.70. The Morgan fingerprint density at radius 2 is 1.85 bits per heavy atom. The zero-order chi connectivity index (χ0) is 37.3. The van der Waals surface area contributed by atoms with Crippen molar-refractivity contribution in [3.05, 3.63) is 61.2 Å². The minimum atomic E-state index is -1.22. The molecule has 1 aromatic carbocycles. The van der Waals surface area contributed by atoms with Gasteiger partial charge in [-0.1, -0.05) is 90.5 Å². The van der Waals surface area contributed by atoms with E-state index in [-0.39, 0.29) is 48.2 Å². The van der Waals surface area contributed by atoms with Gasteiger partial charge >= 0.3 is 5.97 Å². The van der Waals surface area contributed by atoms with E-state index in [1.807, 2.05) is 35.2 Å². The van der Waals surface area contributed by atoms with Crippen LogP contribution in [0.5, 0.6) is 0 Å². The molecule has 0 aromatic heterocycles. The number of aliphatic hydroxyl groups is 1. The molecular formula is C40H56BrN3O8. The van der Waals surface area contributed by atoms with E-state index in [1.54, 1.807) is 17.1 Å². The molecule has 12 heteroatoms. The molecule has 1 aromatic rings. The van der Waals surface area contributed by atoms with Crippen LogP contribution in [0, 0.1) is 11.8 Å². The van der Waals surface area contributed by atoms with Gasteiger partial charge in [-0.25, -0.2) is 0 Å². The number of allylic oxidation sites excluding steroid dienone is 1. The number of nitrogens with one attached hydrogen (secondary N) is 1. The normalized spacial score (nSPS) is 27.9. The van der Waals surface area contributed by atoms with Crippen molar-refractivity contribution in [3.63, 3.8) is 0 Å². The van der Waals surface area contributed by atoms with Crippen molar-refractivity contribution >= 4 is 39.6 Å². The van der Waals surface area contributed by atoms with Crippen LogP contribution in [0.3, 0.4) is 0 Å². The van der Waals surface area contributed by atoms with Crippen LogP contribution in [0.1, 0.15) is 88.7 Å². The second-order valence-electron chi connectivity index (χ2n) is 14.6. The van der Waals surface area contributed by atoms with Gasteiger partial charge < -0.3 is 34.4 Å². The smallest absolute Gasteiger partial charge is 0.313 e. The molecule has 11 nitrogen and oxygen atoms in total. The summed E-state index contributed by atoms with van der Waals surface area (Å²) < 4.78 is 18.7. The molecular weight excluding hydrogens is 730 g/mol. The Hall–Kier alpha value is -3.06. The summed E-state index contributed by atoms with van der Waals surface area (Å²) in [5, 5.41) is 12.3. The highest BCUT2D eigenvalue weighted by Crippen LogP contribution is 2.60. The maximum atomic E-state index is 14.9. The fraction of sp³-hybridized carbons (Fsp3) is 0.650. The Balaban J connectivity index is 1.48. The van der Waals surface area contributed by atoms with Gasteiger partial charge in [0.15, 0.2) is 0 Å². The van der Waals surface area contributed by atoms with Gasteiger partial charge in [0, 0.05) is 44.1 Å². The molecule has 5 rings (SSSR count). The molecule has 4 fully saturated rings. The van der Waals surface area contributed by atoms with Crippen molar-refractivity contribution in [3.8, 4) is 0 Å². The highest BCUT2D eigenvalue weighted by Gasteiger charge is 2.77. The van der Waals surface area contributed by atoms with E-state index in [2.05, 4.69) is 34.4 Å². The molecule has 286 valence electrons. The minimum Gasteiger partial charge on any atom is -0.455 e. The first-order valence-corrected chi connectivity index (χ1v) is 19.9. The number of rotatable bonds is 20. The van der Waals surface area contributed by atoms with Crippen molar-refractivity contribution in [2.24, 2.45) is 11.8 Å². The lowest BCUT2D eigenvalue weighted by molar-refractivity contribution is -0.163. The molecule has 2 bridgehead atoms. The Kier molecular flexibility index (Phi) is 14.5. The number of hydrogen-bond donors (Lipinski definition) is 2. The fourth-order valence-electron chi connectivity index (χ4n) is 8.90. The van der Waals surface area contributed by atoms with Gasteiger partial charge in [-0.05, 0) is 44.1 Å². The fourth-order valence-corrected chi connectivity index (χ4v) is 9.84. The summed E-state index contributed by atoms with van der Waals surface area (Å²) in [7, 11) is 1.52. The third-order valence-corrected chi connectivity index (χ3v) is 12.1. The maximum absolute atomic E-state index is 14.9. The number of esters is 1. The number of alkyl halides is 1. The molecule has 4 aliphatic rings. The average Bonchev–Trinajstić information content (AvgIpc) is 3.75. The predicted octanol–water partition coefficient (Wildman–Crippen LogP) is 5.02. The highest BCUT2D eigenvalue weighted by molar-refractivity contribution is 9.09. The summed E-state index contributed by atoms with van der Waals surface area (Å²) in [5.41, 5.74) is -0.554. The summed E-state index contributed by atoms with van der Waals surface area (Å²) in [6, 6.07) is 7.61. The van der Waals surface area contributed by atoms with E-state index >= 15 is 0 Å². The molecule has 1 aliphatic carbocycles. The van der Waals surface area contributed by atoms with Crippen LogP contribution in [0.4, 0.5) is 0 Å². The number of carbonyl (C=O) groups excluding carboxylic acids is 4. The monoisotopic (exact) mass is 785 g/mol. The van der Waals surface area contributed by atoms with Crippen molar-refractivity contribution in [2.75, 3.05) is 33.4 Å². The number of likely N-dealkylation sites (tertiary alicyclic amines) is 1.